The number of anilines is 1. The maximum atomic E-state index is 14.2. The van der Waals surface area contributed by atoms with Crippen molar-refractivity contribution in [2.75, 3.05) is 11.9 Å². The second-order valence-electron chi connectivity index (χ2n) is 13.6. The number of hydrogen-bond acceptors (Lipinski definition) is 6. The number of ether oxygens (including phenoxy) is 1. The van der Waals surface area contributed by atoms with E-state index in [4.69, 9.17) is 4.74 Å². The van der Waals surface area contributed by atoms with Crippen LogP contribution in [0.15, 0.2) is 6.07 Å². The smallest absolute Gasteiger partial charge is 0.424 e. The Morgan fingerprint density at radius 2 is 1.62 bits per heavy atom. The predicted octanol–water partition coefficient (Wildman–Crippen LogP) is 7.22. The van der Waals surface area contributed by atoms with Gasteiger partial charge in [0.05, 0.1) is 10.6 Å². The SMILES string of the molecule is CC1CCC(C(=O)N(c2cc(C#CC(C)(C)C)sc2C(=O)O)C2CCC(NN(C)C(=O)OC3CCCCC3)CC2)CC1. The van der Waals surface area contributed by atoms with Crippen LogP contribution in [0.5, 0.6) is 0 Å². The van der Waals surface area contributed by atoms with E-state index >= 15 is 0 Å². The Morgan fingerprint density at radius 3 is 2.21 bits per heavy atom. The van der Waals surface area contributed by atoms with Crippen LogP contribution in [0.3, 0.4) is 0 Å². The highest BCUT2D eigenvalue weighted by atomic mass is 32.1. The Morgan fingerprint density at radius 1 is 0.976 bits per heavy atom. The van der Waals surface area contributed by atoms with Crippen LogP contribution in [0.1, 0.15) is 126 Å². The number of nitrogens with zero attached hydrogens (tertiary/aromatic N) is 2. The molecule has 4 rings (SSSR count). The van der Waals surface area contributed by atoms with Crippen LogP contribution in [0, 0.1) is 29.1 Å². The second kappa shape index (κ2) is 14.3. The molecule has 42 heavy (non-hydrogen) atoms. The van der Waals surface area contributed by atoms with Gasteiger partial charge in [0.1, 0.15) is 11.0 Å². The highest BCUT2D eigenvalue weighted by Crippen LogP contribution is 2.39. The molecule has 2 amide bonds. The Bertz CT molecular complexity index is 1160. The number of thiophene rings is 1. The van der Waals surface area contributed by atoms with Crippen LogP contribution in [0.4, 0.5) is 10.5 Å². The first-order valence-corrected chi connectivity index (χ1v) is 16.7. The number of amides is 2. The molecule has 3 aliphatic rings. The maximum absolute atomic E-state index is 14.2. The van der Waals surface area contributed by atoms with Crippen molar-refractivity contribution in [3.8, 4) is 11.8 Å². The average Bonchev–Trinajstić information content (AvgIpc) is 3.38. The van der Waals surface area contributed by atoms with Crippen LogP contribution < -0.4 is 10.3 Å². The fourth-order valence-corrected chi connectivity index (χ4v) is 7.26. The summed E-state index contributed by atoms with van der Waals surface area (Å²) in [4.78, 5) is 41.9. The van der Waals surface area contributed by atoms with E-state index in [1.807, 2.05) is 31.7 Å². The van der Waals surface area contributed by atoms with Crippen LogP contribution in [0.25, 0.3) is 0 Å². The van der Waals surface area contributed by atoms with E-state index in [2.05, 4.69) is 24.2 Å². The number of carboxylic acid groups (broad SMARTS) is 1. The minimum Gasteiger partial charge on any atom is -0.477 e. The number of carbonyl (C=O) groups is 3. The summed E-state index contributed by atoms with van der Waals surface area (Å²) in [6.45, 7) is 8.29. The topological polar surface area (TPSA) is 99.2 Å². The molecule has 8 nitrogen and oxygen atoms in total. The third kappa shape index (κ3) is 8.73. The summed E-state index contributed by atoms with van der Waals surface area (Å²) in [6, 6.07) is 1.79. The molecule has 1 aromatic heterocycles. The summed E-state index contributed by atoms with van der Waals surface area (Å²) in [6.07, 6.45) is 11.6. The summed E-state index contributed by atoms with van der Waals surface area (Å²) in [5.41, 5.74) is 3.58. The van der Waals surface area contributed by atoms with Gasteiger partial charge in [0.15, 0.2) is 0 Å². The van der Waals surface area contributed by atoms with Gasteiger partial charge in [-0.15, -0.1) is 11.3 Å². The molecular formula is C33H49N3O5S. The number of hydrogen-bond donors (Lipinski definition) is 2. The first-order chi connectivity index (χ1) is 19.9. The van der Waals surface area contributed by atoms with Gasteiger partial charge >= 0.3 is 12.1 Å². The number of nitrogens with one attached hydrogen (secondary N) is 1. The predicted molar refractivity (Wildman–Crippen MR) is 167 cm³/mol. The van der Waals surface area contributed by atoms with Gasteiger partial charge in [-0.2, -0.15) is 0 Å². The molecule has 0 radical (unpaired) electrons. The van der Waals surface area contributed by atoms with E-state index in [0.717, 1.165) is 88.4 Å². The molecule has 3 fully saturated rings. The number of aromatic carboxylic acids is 1. The molecular weight excluding hydrogens is 550 g/mol. The number of hydrazine groups is 1. The van der Waals surface area contributed by atoms with Crippen LogP contribution >= 0.6 is 11.3 Å². The van der Waals surface area contributed by atoms with Crippen molar-refractivity contribution in [2.45, 2.75) is 129 Å². The molecule has 0 aromatic carbocycles. The fraction of sp³-hybridized carbons (Fsp3) is 0.727. The van der Waals surface area contributed by atoms with Crippen LogP contribution in [-0.4, -0.2) is 53.3 Å². The summed E-state index contributed by atoms with van der Waals surface area (Å²) < 4.78 is 5.70. The molecule has 0 aliphatic heterocycles. The van der Waals surface area contributed by atoms with Gasteiger partial charge in [-0.1, -0.05) is 25.2 Å². The lowest BCUT2D eigenvalue weighted by atomic mass is 9.81. The van der Waals surface area contributed by atoms with Crippen molar-refractivity contribution in [3.05, 3.63) is 15.8 Å². The molecule has 9 heteroatoms. The molecule has 3 aliphatic carbocycles. The normalized spacial score (nSPS) is 25.2. The third-order valence-electron chi connectivity index (χ3n) is 8.86. The number of carboxylic acids is 1. The molecule has 0 saturated heterocycles. The minimum atomic E-state index is -1.03. The van der Waals surface area contributed by atoms with Gasteiger partial charge < -0.3 is 14.7 Å². The van der Waals surface area contributed by atoms with Crippen molar-refractivity contribution in [1.29, 1.82) is 0 Å². The van der Waals surface area contributed by atoms with Crippen LogP contribution in [-0.2, 0) is 9.53 Å². The third-order valence-corrected chi connectivity index (χ3v) is 9.89. The lowest BCUT2D eigenvalue weighted by Gasteiger charge is -2.40. The Hall–Kier alpha value is -2.57. The average molecular weight is 600 g/mol. The van der Waals surface area contributed by atoms with E-state index < -0.39 is 5.97 Å². The molecule has 0 bridgehead atoms. The van der Waals surface area contributed by atoms with Crippen molar-refractivity contribution < 1.29 is 24.2 Å². The number of rotatable bonds is 7. The molecule has 0 spiro atoms. The first kappa shape index (κ1) is 32.3. The van der Waals surface area contributed by atoms with E-state index in [9.17, 15) is 19.5 Å². The van der Waals surface area contributed by atoms with Gasteiger partial charge in [-0.25, -0.2) is 20.0 Å². The quantitative estimate of drug-likeness (QED) is 0.254. The Labute approximate surface area is 255 Å². The zero-order valence-electron chi connectivity index (χ0n) is 26.0. The molecule has 3 saturated carbocycles. The molecule has 2 N–H and O–H groups in total. The second-order valence-corrected chi connectivity index (χ2v) is 14.7. The molecule has 1 heterocycles. The highest BCUT2D eigenvalue weighted by Gasteiger charge is 2.38. The fourth-order valence-electron chi connectivity index (χ4n) is 6.42. The van der Waals surface area contributed by atoms with Gasteiger partial charge in [-0.3, -0.25) is 4.79 Å². The summed E-state index contributed by atoms with van der Waals surface area (Å²) in [5, 5.41) is 11.6. The minimum absolute atomic E-state index is 0.000558. The maximum Gasteiger partial charge on any atom is 0.424 e. The van der Waals surface area contributed by atoms with Gasteiger partial charge in [0.2, 0.25) is 5.91 Å². The summed E-state index contributed by atoms with van der Waals surface area (Å²) in [7, 11) is 1.71. The molecule has 232 valence electrons. The lowest BCUT2D eigenvalue weighted by molar-refractivity contribution is -0.124. The van der Waals surface area contributed by atoms with Gasteiger partial charge in [-0.05, 0) is 110 Å². The standard InChI is InChI=1S/C33H49N3O5S/c1-22-11-13-23(14-12-22)30(37)36(28-21-27(19-20-33(2,3)4)42-29(28)31(38)39)25-17-15-24(16-18-25)34-35(5)32(40)41-26-9-7-6-8-10-26/h21-26,34H,6-18H2,1-5H3,(H,38,39). The highest BCUT2D eigenvalue weighted by molar-refractivity contribution is 7.15. The number of carbonyl (C=O) groups excluding carboxylic acids is 2. The summed E-state index contributed by atoms with van der Waals surface area (Å²) in [5.74, 6) is 5.90. The van der Waals surface area contributed by atoms with E-state index in [1.165, 1.54) is 11.4 Å². The van der Waals surface area contributed by atoms with E-state index in [1.54, 1.807) is 7.05 Å². The Kier molecular flexibility index (Phi) is 11.0. The molecule has 0 unspecified atom stereocenters. The lowest BCUT2D eigenvalue weighted by Crippen LogP contribution is -2.51. The van der Waals surface area contributed by atoms with E-state index in [0.29, 0.717) is 16.5 Å². The van der Waals surface area contributed by atoms with Gasteiger partial charge in [0.25, 0.3) is 0 Å². The molecule has 1 aromatic rings. The van der Waals surface area contributed by atoms with Crippen molar-refractivity contribution in [1.82, 2.24) is 10.4 Å². The zero-order chi connectivity index (χ0) is 30.4. The van der Waals surface area contributed by atoms with Crippen molar-refractivity contribution in [3.63, 3.8) is 0 Å². The zero-order valence-corrected chi connectivity index (χ0v) is 26.9. The first-order valence-electron chi connectivity index (χ1n) is 15.8. The van der Waals surface area contributed by atoms with E-state index in [-0.39, 0.29) is 46.4 Å². The summed E-state index contributed by atoms with van der Waals surface area (Å²) >= 11 is 1.15. The largest absolute Gasteiger partial charge is 0.477 e. The van der Waals surface area contributed by atoms with Crippen molar-refractivity contribution >= 4 is 35.0 Å². The van der Waals surface area contributed by atoms with Gasteiger partial charge in [0, 0.05) is 30.5 Å². The van der Waals surface area contributed by atoms with Crippen molar-refractivity contribution in [2.24, 2.45) is 17.3 Å². The molecule has 0 atom stereocenters. The monoisotopic (exact) mass is 599 g/mol. The Balaban J connectivity index is 1.49. The van der Waals surface area contributed by atoms with Crippen LogP contribution in [0.2, 0.25) is 0 Å².